The SMILES string of the molecule is CCCCC1(C[C@@H]2COC(C)(C)O2)CC1. The van der Waals surface area contributed by atoms with E-state index >= 15 is 0 Å². The first-order valence-electron chi connectivity index (χ1n) is 6.37. The van der Waals surface area contributed by atoms with Crippen molar-refractivity contribution < 1.29 is 9.47 Å². The average Bonchev–Trinajstić information content (AvgIpc) is 2.83. The number of hydrogen-bond donors (Lipinski definition) is 0. The lowest BCUT2D eigenvalue weighted by molar-refractivity contribution is -0.140. The van der Waals surface area contributed by atoms with E-state index in [4.69, 9.17) is 9.47 Å². The van der Waals surface area contributed by atoms with Crippen LogP contribution in [0.2, 0.25) is 0 Å². The molecule has 1 saturated heterocycles. The molecule has 2 heteroatoms. The highest BCUT2D eigenvalue weighted by molar-refractivity contribution is 4.95. The molecule has 0 bridgehead atoms. The Morgan fingerprint density at radius 1 is 1.27 bits per heavy atom. The Morgan fingerprint density at radius 2 is 2.00 bits per heavy atom. The van der Waals surface area contributed by atoms with Gasteiger partial charge in [0.25, 0.3) is 0 Å². The highest BCUT2D eigenvalue weighted by atomic mass is 16.7. The summed E-state index contributed by atoms with van der Waals surface area (Å²) in [6, 6.07) is 0. The summed E-state index contributed by atoms with van der Waals surface area (Å²) < 4.78 is 11.5. The predicted molar refractivity (Wildman–Crippen MR) is 60.7 cm³/mol. The summed E-state index contributed by atoms with van der Waals surface area (Å²) in [6.45, 7) is 7.09. The highest BCUT2D eigenvalue weighted by Crippen LogP contribution is 2.54. The standard InChI is InChI=1S/C13H24O2/c1-4-5-6-13(7-8-13)9-11-10-14-12(2,3)15-11/h11H,4-10H2,1-3H3/t11-/m1/s1. The lowest BCUT2D eigenvalue weighted by Crippen LogP contribution is -2.23. The molecular weight excluding hydrogens is 188 g/mol. The largest absolute Gasteiger partial charge is 0.348 e. The molecule has 2 fully saturated rings. The van der Waals surface area contributed by atoms with Crippen molar-refractivity contribution in [3.63, 3.8) is 0 Å². The van der Waals surface area contributed by atoms with Gasteiger partial charge in [0.05, 0.1) is 12.7 Å². The molecule has 2 nitrogen and oxygen atoms in total. The van der Waals surface area contributed by atoms with Crippen molar-refractivity contribution in [2.24, 2.45) is 5.41 Å². The van der Waals surface area contributed by atoms with Crippen LogP contribution >= 0.6 is 0 Å². The average molecular weight is 212 g/mol. The summed E-state index contributed by atoms with van der Waals surface area (Å²) in [4.78, 5) is 0. The normalized spacial score (nSPS) is 31.8. The summed E-state index contributed by atoms with van der Waals surface area (Å²) in [6.07, 6.45) is 8.46. The monoisotopic (exact) mass is 212 g/mol. The van der Waals surface area contributed by atoms with Gasteiger partial charge >= 0.3 is 0 Å². The summed E-state index contributed by atoms with van der Waals surface area (Å²) in [5.74, 6) is -0.342. The maximum atomic E-state index is 5.88. The molecule has 0 aromatic heterocycles. The van der Waals surface area contributed by atoms with Gasteiger partial charge in [-0.05, 0) is 44.9 Å². The molecule has 1 aliphatic heterocycles. The maximum Gasteiger partial charge on any atom is 0.163 e. The van der Waals surface area contributed by atoms with E-state index in [2.05, 4.69) is 6.92 Å². The zero-order valence-electron chi connectivity index (χ0n) is 10.3. The van der Waals surface area contributed by atoms with E-state index in [0.717, 1.165) is 6.61 Å². The smallest absolute Gasteiger partial charge is 0.163 e. The molecule has 0 spiro atoms. The minimum absolute atomic E-state index is 0.342. The molecule has 1 aliphatic carbocycles. The third-order valence-corrected chi connectivity index (χ3v) is 3.75. The molecule has 0 radical (unpaired) electrons. The molecule has 1 saturated carbocycles. The Bertz CT molecular complexity index is 219. The molecule has 0 unspecified atom stereocenters. The van der Waals surface area contributed by atoms with Crippen LogP contribution in [0.25, 0.3) is 0 Å². The minimum Gasteiger partial charge on any atom is -0.348 e. The third-order valence-electron chi connectivity index (χ3n) is 3.75. The second kappa shape index (κ2) is 4.06. The van der Waals surface area contributed by atoms with E-state index < -0.39 is 0 Å². The Labute approximate surface area is 93.3 Å². The molecule has 88 valence electrons. The molecular formula is C13H24O2. The maximum absolute atomic E-state index is 5.88. The van der Waals surface area contributed by atoms with Crippen LogP contribution in [-0.2, 0) is 9.47 Å². The van der Waals surface area contributed by atoms with Gasteiger partial charge in [-0.3, -0.25) is 0 Å². The fourth-order valence-corrected chi connectivity index (χ4v) is 2.63. The van der Waals surface area contributed by atoms with E-state index in [9.17, 15) is 0 Å². The van der Waals surface area contributed by atoms with E-state index in [1.165, 1.54) is 38.5 Å². The van der Waals surface area contributed by atoms with Crippen LogP contribution in [0.5, 0.6) is 0 Å². The van der Waals surface area contributed by atoms with Crippen molar-refractivity contribution in [3.05, 3.63) is 0 Å². The molecule has 15 heavy (non-hydrogen) atoms. The first-order chi connectivity index (χ1) is 7.05. The number of ether oxygens (including phenoxy) is 2. The second-order valence-corrected chi connectivity index (χ2v) is 5.76. The number of hydrogen-bond acceptors (Lipinski definition) is 2. The van der Waals surface area contributed by atoms with Crippen LogP contribution in [0.3, 0.4) is 0 Å². The van der Waals surface area contributed by atoms with Crippen molar-refractivity contribution in [2.45, 2.75) is 71.2 Å². The second-order valence-electron chi connectivity index (χ2n) is 5.76. The van der Waals surface area contributed by atoms with Gasteiger partial charge in [-0.25, -0.2) is 0 Å². The van der Waals surface area contributed by atoms with Crippen molar-refractivity contribution >= 4 is 0 Å². The molecule has 2 aliphatic rings. The van der Waals surface area contributed by atoms with Crippen LogP contribution in [-0.4, -0.2) is 18.5 Å². The number of rotatable bonds is 5. The van der Waals surface area contributed by atoms with Gasteiger partial charge < -0.3 is 9.47 Å². The number of unbranched alkanes of at least 4 members (excludes halogenated alkanes) is 1. The first-order valence-corrected chi connectivity index (χ1v) is 6.37. The molecule has 1 heterocycles. The predicted octanol–water partition coefficient (Wildman–Crippen LogP) is 3.50. The van der Waals surface area contributed by atoms with Crippen LogP contribution in [0.1, 0.15) is 59.3 Å². The van der Waals surface area contributed by atoms with E-state index in [0.29, 0.717) is 11.5 Å². The van der Waals surface area contributed by atoms with Crippen molar-refractivity contribution in [3.8, 4) is 0 Å². The molecule has 2 rings (SSSR count). The molecule has 0 amide bonds. The van der Waals surface area contributed by atoms with E-state index in [-0.39, 0.29) is 5.79 Å². The van der Waals surface area contributed by atoms with Gasteiger partial charge in [0.15, 0.2) is 5.79 Å². The van der Waals surface area contributed by atoms with Gasteiger partial charge in [0.1, 0.15) is 0 Å². The Morgan fingerprint density at radius 3 is 2.47 bits per heavy atom. The molecule has 0 N–H and O–H groups in total. The van der Waals surface area contributed by atoms with Crippen LogP contribution in [0.15, 0.2) is 0 Å². The molecule has 0 aromatic carbocycles. The van der Waals surface area contributed by atoms with Crippen LogP contribution < -0.4 is 0 Å². The van der Waals surface area contributed by atoms with Gasteiger partial charge in [-0.15, -0.1) is 0 Å². The first kappa shape index (κ1) is 11.4. The van der Waals surface area contributed by atoms with Crippen LogP contribution in [0.4, 0.5) is 0 Å². The minimum atomic E-state index is -0.342. The highest BCUT2D eigenvalue weighted by Gasteiger charge is 2.46. The lowest BCUT2D eigenvalue weighted by atomic mass is 9.92. The summed E-state index contributed by atoms with van der Waals surface area (Å²) in [5, 5.41) is 0. The third kappa shape index (κ3) is 2.94. The van der Waals surface area contributed by atoms with Gasteiger partial charge in [0.2, 0.25) is 0 Å². The summed E-state index contributed by atoms with van der Waals surface area (Å²) >= 11 is 0. The van der Waals surface area contributed by atoms with Gasteiger partial charge in [0, 0.05) is 0 Å². The zero-order valence-corrected chi connectivity index (χ0v) is 10.3. The summed E-state index contributed by atoms with van der Waals surface area (Å²) in [7, 11) is 0. The van der Waals surface area contributed by atoms with Crippen molar-refractivity contribution in [1.82, 2.24) is 0 Å². The Kier molecular flexibility index (Phi) is 3.09. The zero-order chi connectivity index (χ0) is 10.9. The lowest BCUT2D eigenvalue weighted by Gasteiger charge is -2.21. The Hall–Kier alpha value is -0.0800. The van der Waals surface area contributed by atoms with Gasteiger partial charge in [-0.2, -0.15) is 0 Å². The Balaban J connectivity index is 1.77. The van der Waals surface area contributed by atoms with Gasteiger partial charge in [-0.1, -0.05) is 19.8 Å². The quantitative estimate of drug-likeness (QED) is 0.694. The molecule has 1 atom stereocenters. The summed E-state index contributed by atoms with van der Waals surface area (Å²) in [5.41, 5.74) is 0.629. The van der Waals surface area contributed by atoms with Crippen LogP contribution in [0, 0.1) is 5.41 Å². The van der Waals surface area contributed by atoms with E-state index in [1.54, 1.807) is 0 Å². The van der Waals surface area contributed by atoms with Crippen molar-refractivity contribution in [2.75, 3.05) is 6.61 Å². The fraction of sp³-hybridized carbons (Fsp3) is 1.00. The topological polar surface area (TPSA) is 18.5 Å². The molecule has 0 aromatic rings. The van der Waals surface area contributed by atoms with Crippen molar-refractivity contribution in [1.29, 1.82) is 0 Å². The fourth-order valence-electron chi connectivity index (χ4n) is 2.63. The van der Waals surface area contributed by atoms with E-state index in [1.807, 2.05) is 13.8 Å².